The molecular formula is C15H23NO5. The topological polar surface area (TPSA) is 66.0 Å². The van der Waals surface area contributed by atoms with Crippen LogP contribution in [-0.4, -0.2) is 41.0 Å². The summed E-state index contributed by atoms with van der Waals surface area (Å²) in [4.78, 5) is 11.1. The Kier molecular flexibility index (Phi) is 6.81. The summed E-state index contributed by atoms with van der Waals surface area (Å²) in [7, 11) is 6.11. The summed E-state index contributed by atoms with van der Waals surface area (Å²) in [6, 6.07) is 3.80. The first-order chi connectivity index (χ1) is 10.1. The average Bonchev–Trinajstić information content (AvgIpc) is 2.52. The quantitative estimate of drug-likeness (QED) is 0.740. The molecule has 0 amide bonds. The Morgan fingerprint density at radius 3 is 2.10 bits per heavy atom. The molecule has 1 rings (SSSR count). The second-order valence-electron chi connectivity index (χ2n) is 4.46. The highest BCUT2D eigenvalue weighted by Gasteiger charge is 2.16. The van der Waals surface area contributed by atoms with Crippen molar-refractivity contribution in [1.29, 1.82) is 0 Å². The lowest BCUT2D eigenvalue weighted by Crippen LogP contribution is -2.22. The van der Waals surface area contributed by atoms with Crippen molar-refractivity contribution in [3.8, 4) is 17.2 Å². The van der Waals surface area contributed by atoms with Crippen molar-refractivity contribution in [1.82, 2.24) is 5.32 Å². The van der Waals surface area contributed by atoms with Crippen molar-refractivity contribution in [3.63, 3.8) is 0 Å². The monoisotopic (exact) mass is 297 g/mol. The molecule has 0 saturated carbocycles. The number of methoxy groups -OCH3 is 4. The highest BCUT2D eigenvalue weighted by molar-refractivity contribution is 5.69. The first kappa shape index (κ1) is 17.1. The van der Waals surface area contributed by atoms with Crippen molar-refractivity contribution in [2.45, 2.75) is 19.4 Å². The third-order valence-corrected chi connectivity index (χ3v) is 3.19. The largest absolute Gasteiger partial charge is 0.493 e. The summed E-state index contributed by atoms with van der Waals surface area (Å²) in [6.45, 7) is 2.53. The minimum Gasteiger partial charge on any atom is -0.493 e. The highest BCUT2D eigenvalue weighted by atomic mass is 16.5. The number of ether oxygens (including phenoxy) is 4. The first-order valence-electron chi connectivity index (χ1n) is 6.67. The predicted molar refractivity (Wildman–Crippen MR) is 79.1 cm³/mol. The molecule has 0 fully saturated rings. The summed E-state index contributed by atoms with van der Waals surface area (Å²) in [5.41, 5.74) is 0.981. The van der Waals surface area contributed by atoms with Gasteiger partial charge in [0.2, 0.25) is 5.75 Å². The second-order valence-corrected chi connectivity index (χ2v) is 4.46. The second kappa shape index (κ2) is 8.36. The van der Waals surface area contributed by atoms with Crippen LogP contribution in [0.2, 0.25) is 0 Å². The fourth-order valence-electron chi connectivity index (χ4n) is 1.96. The van der Waals surface area contributed by atoms with Crippen molar-refractivity contribution in [2.75, 3.05) is 35.0 Å². The van der Waals surface area contributed by atoms with Crippen LogP contribution >= 0.6 is 0 Å². The molecule has 1 N–H and O–H groups in total. The standard InChI is InChI=1S/C15H23NO5/c1-10(16-7-6-14(17)20-4)11-8-12(18-2)15(21-5)13(9-11)19-3/h8-10,16H,6-7H2,1-5H3. The van der Waals surface area contributed by atoms with Gasteiger partial charge < -0.3 is 24.3 Å². The Morgan fingerprint density at radius 1 is 1.10 bits per heavy atom. The maximum Gasteiger partial charge on any atom is 0.306 e. The van der Waals surface area contributed by atoms with Gasteiger partial charge in [-0.25, -0.2) is 0 Å². The van der Waals surface area contributed by atoms with Crippen LogP contribution in [-0.2, 0) is 9.53 Å². The fourth-order valence-corrected chi connectivity index (χ4v) is 1.96. The van der Waals surface area contributed by atoms with Crippen LogP contribution in [0.15, 0.2) is 12.1 Å². The Bertz CT molecular complexity index is 450. The van der Waals surface area contributed by atoms with Crippen LogP contribution in [0.3, 0.4) is 0 Å². The van der Waals surface area contributed by atoms with Crippen LogP contribution in [0.25, 0.3) is 0 Å². The van der Waals surface area contributed by atoms with Crippen LogP contribution in [0, 0.1) is 0 Å². The third-order valence-electron chi connectivity index (χ3n) is 3.19. The lowest BCUT2D eigenvalue weighted by Gasteiger charge is -2.18. The molecule has 0 heterocycles. The minimum atomic E-state index is -0.236. The molecule has 0 aliphatic heterocycles. The minimum absolute atomic E-state index is 0.0309. The zero-order valence-corrected chi connectivity index (χ0v) is 13.2. The number of carbonyl (C=O) groups excluding carboxylic acids is 1. The van der Waals surface area contributed by atoms with E-state index in [2.05, 4.69) is 10.1 Å². The van der Waals surface area contributed by atoms with E-state index in [9.17, 15) is 4.79 Å². The lowest BCUT2D eigenvalue weighted by atomic mass is 10.1. The fraction of sp³-hybridized carbons (Fsp3) is 0.533. The average molecular weight is 297 g/mol. The molecule has 1 aromatic carbocycles. The van der Waals surface area contributed by atoms with Crippen molar-refractivity contribution in [2.24, 2.45) is 0 Å². The van der Waals surface area contributed by atoms with Gasteiger partial charge in [0.1, 0.15) is 0 Å². The normalized spacial score (nSPS) is 11.7. The number of benzene rings is 1. The molecule has 0 bridgehead atoms. The maximum atomic E-state index is 11.1. The zero-order chi connectivity index (χ0) is 15.8. The van der Waals surface area contributed by atoms with Crippen LogP contribution in [0.4, 0.5) is 0 Å². The molecule has 0 radical (unpaired) electrons. The highest BCUT2D eigenvalue weighted by Crippen LogP contribution is 2.39. The van der Waals surface area contributed by atoms with Gasteiger partial charge in [0.15, 0.2) is 11.5 Å². The number of rotatable bonds is 8. The van der Waals surface area contributed by atoms with E-state index < -0.39 is 0 Å². The molecule has 1 atom stereocenters. The molecule has 21 heavy (non-hydrogen) atoms. The number of hydrogen-bond acceptors (Lipinski definition) is 6. The Morgan fingerprint density at radius 2 is 1.67 bits per heavy atom. The smallest absolute Gasteiger partial charge is 0.306 e. The van der Waals surface area contributed by atoms with Crippen molar-refractivity contribution in [3.05, 3.63) is 17.7 Å². The van der Waals surface area contributed by atoms with E-state index in [0.29, 0.717) is 30.2 Å². The zero-order valence-electron chi connectivity index (χ0n) is 13.2. The van der Waals surface area contributed by atoms with Crippen LogP contribution < -0.4 is 19.5 Å². The van der Waals surface area contributed by atoms with Gasteiger partial charge >= 0.3 is 5.97 Å². The number of nitrogens with one attached hydrogen (secondary N) is 1. The van der Waals surface area contributed by atoms with Crippen molar-refractivity contribution >= 4 is 5.97 Å². The van der Waals surface area contributed by atoms with E-state index in [1.165, 1.54) is 7.11 Å². The van der Waals surface area contributed by atoms with Gasteiger partial charge in [0.05, 0.1) is 34.9 Å². The van der Waals surface area contributed by atoms with Gasteiger partial charge in [-0.05, 0) is 24.6 Å². The molecule has 0 aliphatic carbocycles. The van der Waals surface area contributed by atoms with E-state index in [1.54, 1.807) is 21.3 Å². The van der Waals surface area contributed by atoms with Gasteiger partial charge in [0, 0.05) is 12.6 Å². The summed E-state index contributed by atoms with van der Waals surface area (Å²) in [6.07, 6.45) is 0.325. The first-order valence-corrected chi connectivity index (χ1v) is 6.67. The Hall–Kier alpha value is -1.95. The van der Waals surface area contributed by atoms with Gasteiger partial charge in [-0.1, -0.05) is 0 Å². The molecule has 6 nitrogen and oxygen atoms in total. The molecule has 0 spiro atoms. The summed E-state index contributed by atoms with van der Waals surface area (Å²) in [5.74, 6) is 1.53. The maximum absolute atomic E-state index is 11.1. The van der Waals surface area contributed by atoms with Gasteiger partial charge in [0.25, 0.3) is 0 Å². The molecule has 0 aliphatic rings. The molecule has 118 valence electrons. The molecular weight excluding hydrogens is 274 g/mol. The van der Waals surface area contributed by atoms with Crippen molar-refractivity contribution < 1.29 is 23.7 Å². The molecule has 1 unspecified atom stereocenters. The van der Waals surface area contributed by atoms with Gasteiger partial charge in [-0.3, -0.25) is 4.79 Å². The summed E-state index contributed by atoms with van der Waals surface area (Å²) >= 11 is 0. The van der Waals surface area contributed by atoms with E-state index in [1.807, 2.05) is 19.1 Å². The third kappa shape index (κ3) is 4.53. The number of esters is 1. The Balaban J connectivity index is 2.84. The van der Waals surface area contributed by atoms with E-state index >= 15 is 0 Å². The predicted octanol–water partition coefficient (Wildman–Crippen LogP) is 1.93. The SMILES string of the molecule is COC(=O)CCNC(C)c1cc(OC)c(OC)c(OC)c1. The van der Waals surface area contributed by atoms with E-state index in [4.69, 9.17) is 14.2 Å². The van der Waals surface area contributed by atoms with E-state index in [-0.39, 0.29) is 12.0 Å². The van der Waals surface area contributed by atoms with Gasteiger partial charge in [-0.2, -0.15) is 0 Å². The molecule has 1 aromatic rings. The molecule has 0 saturated heterocycles. The number of hydrogen-bond donors (Lipinski definition) is 1. The summed E-state index contributed by atoms with van der Waals surface area (Å²) in [5, 5.41) is 3.25. The Labute approximate surface area is 125 Å². The van der Waals surface area contributed by atoms with Gasteiger partial charge in [-0.15, -0.1) is 0 Å². The van der Waals surface area contributed by atoms with E-state index in [0.717, 1.165) is 5.56 Å². The molecule has 0 aromatic heterocycles. The molecule has 6 heteroatoms. The number of carbonyl (C=O) groups is 1. The lowest BCUT2D eigenvalue weighted by molar-refractivity contribution is -0.140. The van der Waals surface area contributed by atoms with Crippen LogP contribution in [0.5, 0.6) is 17.2 Å². The summed E-state index contributed by atoms with van der Waals surface area (Å²) < 4.78 is 20.5. The van der Waals surface area contributed by atoms with Crippen LogP contribution in [0.1, 0.15) is 24.9 Å².